The van der Waals surface area contributed by atoms with Crippen LogP contribution in [0.1, 0.15) is 76.7 Å². The minimum Gasteiger partial charge on any atom is -0.332 e. The van der Waals surface area contributed by atoms with Crippen LogP contribution in [0.3, 0.4) is 0 Å². The Morgan fingerprint density at radius 3 is 2.19 bits per heavy atom. The average molecular weight is 426 g/mol. The predicted octanol–water partition coefficient (Wildman–Crippen LogP) is 3.48. The molecule has 0 N–H and O–H groups in total. The minimum absolute atomic E-state index is 0.436. The highest BCUT2D eigenvalue weighted by Gasteiger charge is 2.41. The Kier molecular flexibility index (Phi) is 6.29. The number of aromatic nitrogens is 2. The van der Waals surface area contributed by atoms with Crippen molar-refractivity contribution in [2.75, 3.05) is 37.6 Å². The highest BCUT2D eigenvalue weighted by molar-refractivity contribution is 5.78. The zero-order chi connectivity index (χ0) is 21.4. The lowest BCUT2D eigenvalue weighted by Crippen LogP contribution is -2.54. The number of nitrogens with zero attached hydrogens (tertiary/aromatic N) is 5. The fourth-order valence-electron chi connectivity index (χ4n) is 6.48. The van der Waals surface area contributed by atoms with E-state index in [1.807, 2.05) is 6.92 Å². The number of anilines is 1. The van der Waals surface area contributed by atoms with Crippen molar-refractivity contribution in [1.82, 2.24) is 19.8 Å². The number of carbonyl (C=O) groups is 1. The Labute approximate surface area is 187 Å². The Hall–Kier alpha value is -1.53. The number of Topliss-reactive ketones (excluding diaryl/α,β-unsaturated/α-hetero) is 1. The Morgan fingerprint density at radius 2 is 1.61 bits per heavy atom. The summed E-state index contributed by atoms with van der Waals surface area (Å²) in [6, 6.07) is 1.89. The second kappa shape index (κ2) is 9.14. The summed E-state index contributed by atoms with van der Waals surface area (Å²) < 4.78 is 0. The van der Waals surface area contributed by atoms with Crippen molar-refractivity contribution < 1.29 is 4.79 Å². The molecule has 4 heterocycles. The Balaban J connectivity index is 1.12. The van der Waals surface area contributed by atoms with Gasteiger partial charge < -0.3 is 9.80 Å². The highest BCUT2D eigenvalue weighted by Crippen LogP contribution is 2.38. The molecule has 2 unspecified atom stereocenters. The van der Waals surface area contributed by atoms with Crippen LogP contribution in [0, 0.1) is 5.92 Å². The molecule has 6 nitrogen and oxygen atoms in total. The molecule has 5 rings (SSSR count). The van der Waals surface area contributed by atoms with Crippen molar-refractivity contribution in [1.29, 1.82) is 0 Å². The van der Waals surface area contributed by atoms with Gasteiger partial charge in [-0.2, -0.15) is 0 Å². The van der Waals surface area contributed by atoms with Gasteiger partial charge in [-0.3, -0.25) is 9.69 Å². The van der Waals surface area contributed by atoms with Crippen molar-refractivity contribution in [3.05, 3.63) is 18.0 Å². The van der Waals surface area contributed by atoms with E-state index in [2.05, 4.69) is 34.0 Å². The quantitative estimate of drug-likeness (QED) is 0.667. The van der Waals surface area contributed by atoms with Gasteiger partial charge in [0, 0.05) is 56.5 Å². The van der Waals surface area contributed by atoms with E-state index in [9.17, 15) is 4.79 Å². The van der Waals surface area contributed by atoms with Gasteiger partial charge >= 0.3 is 0 Å². The maximum Gasteiger partial charge on any atom is 0.225 e. The number of ketones is 1. The van der Waals surface area contributed by atoms with Crippen molar-refractivity contribution in [3.63, 3.8) is 0 Å². The first-order chi connectivity index (χ1) is 15.1. The van der Waals surface area contributed by atoms with Crippen LogP contribution in [-0.2, 0) is 4.79 Å². The number of likely N-dealkylation sites (N-methyl/N-ethyl adjacent to an activating group) is 1. The van der Waals surface area contributed by atoms with E-state index in [0.29, 0.717) is 42.2 Å². The van der Waals surface area contributed by atoms with Crippen molar-refractivity contribution in [2.45, 2.75) is 89.3 Å². The van der Waals surface area contributed by atoms with E-state index in [0.717, 1.165) is 32.0 Å². The lowest BCUT2D eigenvalue weighted by atomic mass is 9.75. The summed E-state index contributed by atoms with van der Waals surface area (Å²) in [6.07, 6.45) is 13.2. The van der Waals surface area contributed by atoms with Crippen LogP contribution in [0.4, 0.5) is 5.95 Å². The lowest BCUT2D eigenvalue weighted by molar-refractivity contribution is -0.120. The summed E-state index contributed by atoms with van der Waals surface area (Å²) in [4.78, 5) is 29.1. The van der Waals surface area contributed by atoms with Crippen molar-refractivity contribution in [3.8, 4) is 0 Å². The molecule has 4 aliphatic rings. The monoisotopic (exact) mass is 425 g/mol. The first-order valence-electron chi connectivity index (χ1n) is 12.7. The van der Waals surface area contributed by atoms with E-state index >= 15 is 0 Å². The normalized spacial score (nSPS) is 32.3. The molecule has 2 atom stereocenters. The van der Waals surface area contributed by atoms with Crippen molar-refractivity contribution in [2.24, 2.45) is 5.92 Å². The van der Waals surface area contributed by atoms with Gasteiger partial charge in [0.25, 0.3) is 0 Å². The number of fused-ring (bicyclic) bond motifs is 2. The molecule has 1 aromatic heterocycles. The van der Waals surface area contributed by atoms with Crippen molar-refractivity contribution >= 4 is 11.7 Å². The summed E-state index contributed by atoms with van der Waals surface area (Å²) >= 11 is 0. The number of piperidine rings is 1. The zero-order valence-corrected chi connectivity index (χ0v) is 19.4. The van der Waals surface area contributed by atoms with Crippen LogP contribution in [0.25, 0.3) is 0 Å². The molecule has 2 bridgehead atoms. The molecule has 0 amide bonds. The number of piperazine rings is 1. The summed E-state index contributed by atoms with van der Waals surface area (Å²) in [5.74, 6) is 2.62. The molecule has 0 spiro atoms. The largest absolute Gasteiger partial charge is 0.332 e. The van der Waals surface area contributed by atoms with Crippen LogP contribution < -0.4 is 4.90 Å². The van der Waals surface area contributed by atoms with Gasteiger partial charge in [0.15, 0.2) is 0 Å². The van der Waals surface area contributed by atoms with Gasteiger partial charge in [-0.25, -0.2) is 9.97 Å². The molecule has 3 saturated heterocycles. The van der Waals surface area contributed by atoms with Gasteiger partial charge in [-0.05, 0) is 75.6 Å². The van der Waals surface area contributed by atoms with Gasteiger partial charge in [0.1, 0.15) is 5.78 Å². The third-order valence-electron chi connectivity index (χ3n) is 8.53. The zero-order valence-electron chi connectivity index (χ0n) is 19.4. The fourth-order valence-corrected chi connectivity index (χ4v) is 6.48. The summed E-state index contributed by atoms with van der Waals surface area (Å²) in [7, 11) is 0. The van der Waals surface area contributed by atoms with Gasteiger partial charge in [-0.15, -0.1) is 0 Å². The van der Waals surface area contributed by atoms with E-state index < -0.39 is 0 Å². The van der Waals surface area contributed by atoms with E-state index in [1.54, 1.807) is 0 Å². The van der Waals surface area contributed by atoms with Crippen LogP contribution in [0.15, 0.2) is 12.4 Å². The molecule has 31 heavy (non-hydrogen) atoms. The van der Waals surface area contributed by atoms with E-state index in [-0.39, 0.29) is 0 Å². The molecular weight excluding hydrogens is 386 g/mol. The minimum atomic E-state index is 0.436. The van der Waals surface area contributed by atoms with Crippen LogP contribution in [0.2, 0.25) is 0 Å². The molecule has 1 aromatic rings. The number of rotatable bonds is 7. The molecule has 1 aliphatic carbocycles. The number of carbonyl (C=O) groups excluding carboxylic acids is 1. The molecule has 0 aromatic carbocycles. The van der Waals surface area contributed by atoms with Crippen LogP contribution in [-0.4, -0.2) is 76.4 Å². The first kappa shape index (κ1) is 21.3. The number of hydrogen-bond acceptors (Lipinski definition) is 6. The summed E-state index contributed by atoms with van der Waals surface area (Å²) in [5, 5.41) is 0. The topological polar surface area (TPSA) is 52.6 Å². The smallest absolute Gasteiger partial charge is 0.225 e. The third-order valence-corrected chi connectivity index (χ3v) is 8.53. The maximum atomic E-state index is 11.7. The number of hydrogen-bond donors (Lipinski definition) is 0. The molecule has 170 valence electrons. The predicted molar refractivity (Wildman–Crippen MR) is 123 cm³/mol. The van der Waals surface area contributed by atoms with Crippen LogP contribution >= 0.6 is 0 Å². The summed E-state index contributed by atoms with van der Waals surface area (Å²) in [5.41, 5.74) is 1.32. The highest BCUT2D eigenvalue weighted by atomic mass is 16.1. The average Bonchev–Trinajstić information content (AvgIpc) is 3.05. The molecule has 3 aliphatic heterocycles. The van der Waals surface area contributed by atoms with Gasteiger partial charge in [0.2, 0.25) is 5.95 Å². The van der Waals surface area contributed by atoms with Gasteiger partial charge in [0.05, 0.1) is 0 Å². The fraction of sp³-hybridized carbons (Fsp3) is 0.800. The van der Waals surface area contributed by atoms with E-state index in [1.165, 1.54) is 57.2 Å². The van der Waals surface area contributed by atoms with E-state index in [4.69, 9.17) is 9.97 Å². The Bertz CT molecular complexity index is 740. The molecule has 4 fully saturated rings. The Morgan fingerprint density at radius 1 is 0.968 bits per heavy atom. The molecule has 0 radical (unpaired) electrons. The standard InChI is InChI=1S/C25H39N5O/c1-3-24(31)13-18-11-23(12-18)29-9-7-19(8-10-29)20-14-26-25(27-15-20)30-21-5-6-22(30)17-28(4-2)16-21/h14-15,18-19,21-23H,3-13,16-17H2,1-2H3/t18-,21?,22?,23-. The molecular formula is C25H39N5O. The SMILES string of the molecule is CCC(=O)C[C@H]1C[C@H](N2CCC(c3cnc(N4C5CCC4CN(CC)C5)nc3)CC2)C1. The maximum absolute atomic E-state index is 11.7. The molecule has 1 saturated carbocycles. The third kappa shape index (κ3) is 4.38. The second-order valence-electron chi connectivity index (χ2n) is 10.4. The lowest BCUT2D eigenvalue weighted by Gasteiger charge is -2.45. The summed E-state index contributed by atoms with van der Waals surface area (Å²) in [6.45, 7) is 10.1. The second-order valence-corrected chi connectivity index (χ2v) is 10.4. The number of likely N-dealkylation sites (tertiary alicyclic amines) is 2. The van der Waals surface area contributed by atoms with Crippen LogP contribution in [0.5, 0.6) is 0 Å². The first-order valence-corrected chi connectivity index (χ1v) is 12.7. The van der Waals surface area contributed by atoms with Gasteiger partial charge in [-0.1, -0.05) is 13.8 Å². The molecule has 6 heteroatoms.